The minimum absolute atomic E-state index is 0.0218. The minimum atomic E-state index is -0.466. The number of nitrogens with zero attached hydrogens (tertiary/aromatic N) is 3. The first-order valence-corrected chi connectivity index (χ1v) is 8.24. The normalized spacial score (nSPS) is 10.4. The molecule has 0 amide bonds. The lowest BCUT2D eigenvalue weighted by molar-refractivity contribution is -0.385. The van der Waals surface area contributed by atoms with E-state index in [4.69, 9.17) is 4.74 Å². The topological polar surface area (TPSA) is 90.2 Å². The van der Waals surface area contributed by atoms with Crippen molar-refractivity contribution >= 4 is 54.0 Å². The molecule has 1 aromatic carbocycles. The molecule has 21 heavy (non-hydrogen) atoms. The molecule has 2 rings (SSSR count). The maximum absolute atomic E-state index is 10.8. The van der Waals surface area contributed by atoms with Gasteiger partial charge in [-0.1, -0.05) is 11.3 Å². The maximum atomic E-state index is 10.8. The summed E-state index contributed by atoms with van der Waals surface area (Å²) in [6.07, 6.45) is 0. The highest BCUT2D eigenvalue weighted by Gasteiger charge is 2.16. The van der Waals surface area contributed by atoms with E-state index in [0.717, 1.165) is 11.7 Å². The summed E-state index contributed by atoms with van der Waals surface area (Å²) in [5.41, 5.74) is -0.0218. The number of aromatic nitrogens is 2. The molecule has 10 heteroatoms. The summed E-state index contributed by atoms with van der Waals surface area (Å²) in [5.74, 6) is 0.487. The fourth-order valence-electron chi connectivity index (χ4n) is 1.46. The SMILES string of the molecule is CCNc1nnc(COc2c(Br)cc([N+](=O)[O-])cc2Br)s1. The van der Waals surface area contributed by atoms with Crippen molar-refractivity contribution in [3.8, 4) is 5.75 Å². The average molecular weight is 438 g/mol. The van der Waals surface area contributed by atoms with Crippen molar-refractivity contribution in [2.24, 2.45) is 0 Å². The van der Waals surface area contributed by atoms with Crippen LogP contribution in [0.4, 0.5) is 10.8 Å². The second kappa shape index (κ2) is 7.14. The van der Waals surface area contributed by atoms with Crippen molar-refractivity contribution < 1.29 is 9.66 Å². The Hall–Kier alpha value is -1.26. The van der Waals surface area contributed by atoms with E-state index in [9.17, 15) is 10.1 Å². The van der Waals surface area contributed by atoms with Gasteiger partial charge in [-0.25, -0.2) is 0 Å². The number of halogens is 2. The van der Waals surface area contributed by atoms with Crippen molar-refractivity contribution in [1.82, 2.24) is 10.2 Å². The molecule has 0 fully saturated rings. The molecular weight excluding hydrogens is 428 g/mol. The van der Waals surface area contributed by atoms with Crippen LogP contribution in [0.2, 0.25) is 0 Å². The lowest BCUT2D eigenvalue weighted by Gasteiger charge is -2.08. The highest BCUT2D eigenvalue weighted by molar-refractivity contribution is 9.11. The minimum Gasteiger partial charge on any atom is -0.484 e. The Labute approximate surface area is 141 Å². The second-order valence-corrected chi connectivity index (χ2v) is 6.59. The molecule has 0 bridgehead atoms. The molecule has 0 saturated carbocycles. The molecule has 0 aliphatic carbocycles. The van der Waals surface area contributed by atoms with Gasteiger partial charge >= 0.3 is 0 Å². The highest BCUT2D eigenvalue weighted by atomic mass is 79.9. The van der Waals surface area contributed by atoms with E-state index in [1.807, 2.05) is 6.92 Å². The van der Waals surface area contributed by atoms with Gasteiger partial charge in [-0.2, -0.15) is 0 Å². The van der Waals surface area contributed by atoms with Gasteiger partial charge in [0.2, 0.25) is 5.13 Å². The van der Waals surface area contributed by atoms with Crippen LogP contribution < -0.4 is 10.1 Å². The molecule has 1 heterocycles. The average Bonchev–Trinajstić information content (AvgIpc) is 2.85. The Balaban J connectivity index is 2.10. The Morgan fingerprint density at radius 2 is 2.05 bits per heavy atom. The number of non-ortho nitro benzene ring substituents is 1. The predicted octanol–water partition coefficient (Wildman–Crippen LogP) is 3.98. The van der Waals surface area contributed by atoms with Crippen LogP contribution in [0, 0.1) is 10.1 Å². The van der Waals surface area contributed by atoms with E-state index in [-0.39, 0.29) is 12.3 Å². The number of rotatable bonds is 6. The second-order valence-electron chi connectivity index (χ2n) is 3.82. The van der Waals surface area contributed by atoms with E-state index < -0.39 is 4.92 Å². The molecule has 2 aromatic rings. The van der Waals surface area contributed by atoms with E-state index >= 15 is 0 Å². The summed E-state index contributed by atoms with van der Waals surface area (Å²) >= 11 is 7.93. The van der Waals surface area contributed by atoms with Crippen LogP contribution >= 0.6 is 43.2 Å². The van der Waals surface area contributed by atoms with E-state index in [1.165, 1.54) is 23.5 Å². The number of ether oxygens (including phenoxy) is 1. The van der Waals surface area contributed by atoms with Crippen molar-refractivity contribution in [1.29, 1.82) is 0 Å². The van der Waals surface area contributed by atoms with E-state index in [0.29, 0.717) is 19.7 Å². The smallest absolute Gasteiger partial charge is 0.271 e. The predicted molar refractivity (Wildman–Crippen MR) is 86.9 cm³/mol. The third-order valence-electron chi connectivity index (χ3n) is 2.33. The zero-order valence-electron chi connectivity index (χ0n) is 10.8. The quantitative estimate of drug-likeness (QED) is 0.542. The molecule has 1 N–H and O–H groups in total. The van der Waals surface area contributed by atoms with Crippen LogP contribution in [0.3, 0.4) is 0 Å². The van der Waals surface area contributed by atoms with Crippen LogP contribution in [-0.4, -0.2) is 21.7 Å². The van der Waals surface area contributed by atoms with Crippen LogP contribution in [0.15, 0.2) is 21.1 Å². The zero-order valence-corrected chi connectivity index (χ0v) is 14.8. The van der Waals surface area contributed by atoms with Crippen molar-refractivity contribution in [2.75, 3.05) is 11.9 Å². The number of hydrogen-bond donors (Lipinski definition) is 1. The fourth-order valence-corrected chi connectivity index (χ4v) is 3.57. The highest BCUT2D eigenvalue weighted by Crippen LogP contribution is 2.37. The van der Waals surface area contributed by atoms with Gasteiger partial charge in [0, 0.05) is 18.7 Å². The number of anilines is 1. The first kappa shape index (κ1) is 16.1. The molecule has 0 saturated heterocycles. The summed E-state index contributed by atoms with van der Waals surface area (Å²) in [4.78, 5) is 10.3. The fraction of sp³-hybridized carbons (Fsp3) is 0.273. The lowest BCUT2D eigenvalue weighted by Crippen LogP contribution is -1.97. The van der Waals surface area contributed by atoms with Gasteiger partial charge in [-0.05, 0) is 38.8 Å². The Morgan fingerprint density at radius 1 is 1.38 bits per heavy atom. The third-order valence-corrected chi connectivity index (χ3v) is 4.36. The van der Waals surface area contributed by atoms with Gasteiger partial charge < -0.3 is 10.1 Å². The molecule has 0 unspecified atom stereocenters. The molecule has 0 radical (unpaired) electrons. The van der Waals surface area contributed by atoms with Crippen LogP contribution in [0.5, 0.6) is 5.75 Å². The number of nitro groups is 1. The lowest BCUT2D eigenvalue weighted by atomic mass is 10.3. The largest absolute Gasteiger partial charge is 0.484 e. The summed E-state index contributed by atoms with van der Waals surface area (Å²) in [6, 6.07) is 2.79. The van der Waals surface area contributed by atoms with Crippen LogP contribution in [0.25, 0.3) is 0 Å². The molecule has 0 spiro atoms. The molecule has 1 aromatic heterocycles. The first-order valence-electron chi connectivity index (χ1n) is 5.83. The first-order chi connectivity index (χ1) is 10.0. The molecule has 0 aliphatic heterocycles. The van der Waals surface area contributed by atoms with E-state index in [1.54, 1.807) is 0 Å². The summed E-state index contributed by atoms with van der Waals surface area (Å²) in [5, 5.41) is 23.2. The molecule has 7 nitrogen and oxygen atoms in total. The van der Waals surface area contributed by atoms with Gasteiger partial charge in [0.1, 0.15) is 12.4 Å². The van der Waals surface area contributed by atoms with Crippen LogP contribution in [-0.2, 0) is 6.61 Å². The van der Waals surface area contributed by atoms with E-state index in [2.05, 4.69) is 47.4 Å². The zero-order chi connectivity index (χ0) is 15.4. The molecule has 112 valence electrons. The standard InChI is InChI=1S/C11H10Br2N4O3S/c1-2-14-11-16-15-9(21-11)5-20-10-7(12)3-6(17(18)19)4-8(10)13/h3-4H,2,5H2,1H3,(H,14,16). The maximum Gasteiger partial charge on any atom is 0.271 e. The Morgan fingerprint density at radius 3 is 2.62 bits per heavy atom. The summed E-state index contributed by atoms with van der Waals surface area (Å²) < 4.78 is 6.64. The van der Waals surface area contributed by atoms with Crippen molar-refractivity contribution in [3.05, 3.63) is 36.2 Å². The molecule has 0 atom stereocenters. The van der Waals surface area contributed by atoms with Gasteiger partial charge in [-0.3, -0.25) is 10.1 Å². The number of nitrogens with one attached hydrogen (secondary N) is 1. The number of benzene rings is 1. The Bertz CT molecular complexity index is 642. The monoisotopic (exact) mass is 436 g/mol. The summed E-state index contributed by atoms with van der Waals surface area (Å²) in [7, 11) is 0. The van der Waals surface area contributed by atoms with Crippen molar-refractivity contribution in [3.63, 3.8) is 0 Å². The molecular formula is C11H10Br2N4O3S. The third kappa shape index (κ3) is 4.11. The van der Waals surface area contributed by atoms with Gasteiger partial charge in [-0.15, -0.1) is 10.2 Å². The van der Waals surface area contributed by atoms with Gasteiger partial charge in [0.15, 0.2) is 5.01 Å². The number of nitro benzene ring substituents is 1. The molecule has 0 aliphatic rings. The van der Waals surface area contributed by atoms with Gasteiger partial charge in [0.05, 0.1) is 13.9 Å². The summed E-state index contributed by atoms with van der Waals surface area (Å²) in [6.45, 7) is 2.98. The van der Waals surface area contributed by atoms with Crippen LogP contribution in [0.1, 0.15) is 11.9 Å². The Kier molecular flexibility index (Phi) is 5.48. The van der Waals surface area contributed by atoms with Gasteiger partial charge in [0.25, 0.3) is 5.69 Å². The number of hydrogen-bond acceptors (Lipinski definition) is 7. The van der Waals surface area contributed by atoms with Crippen molar-refractivity contribution in [2.45, 2.75) is 13.5 Å².